The van der Waals surface area contributed by atoms with Crippen LogP contribution in [0.1, 0.15) is 35.4 Å². The summed E-state index contributed by atoms with van der Waals surface area (Å²) in [6.45, 7) is 1.50. The van der Waals surface area contributed by atoms with E-state index >= 15 is 0 Å². The van der Waals surface area contributed by atoms with Crippen molar-refractivity contribution < 1.29 is 23.9 Å². The Bertz CT molecular complexity index is 728. The predicted molar refractivity (Wildman–Crippen MR) is 102 cm³/mol. The lowest BCUT2D eigenvalue weighted by atomic mass is 9.97. The summed E-state index contributed by atoms with van der Waals surface area (Å²) in [4.78, 5) is 52.2. The van der Waals surface area contributed by atoms with Gasteiger partial charge in [-0.15, -0.1) is 11.3 Å². The summed E-state index contributed by atoms with van der Waals surface area (Å²) in [6.07, 6.45) is 2.45. The van der Waals surface area contributed by atoms with Crippen molar-refractivity contribution in [3.05, 3.63) is 22.4 Å². The molecule has 2 aliphatic rings. The van der Waals surface area contributed by atoms with Gasteiger partial charge in [-0.2, -0.15) is 0 Å². The molecule has 2 saturated heterocycles. The van der Waals surface area contributed by atoms with Crippen molar-refractivity contribution in [3.63, 3.8) is 0 Å². The monoisotopic (exact) mass is 407 g/mol. The second-order valence-corrected chi connectivity index (χ2v) is 8.18. The number of likely N-dealkylation sites (tertiary alicyclic amines) is 2. The van der Waals surface area contributed by atoms with Crippen molar-refractivity contribution in [1.82, 2.24) is 9.80 Å². The number of esters is 1. The van der Waals surface area contributed by atoms with Crippen LogP contribution < -0.4 is 5.73 Å². The highest BCUT2D eigenvalue weighted by Gasteiger charge is 2.31. The van der Waals surface area contributed by atoms with Crippen molar-refractivity contribution in [2.75, 3.05) is 32.8 Å². The Hall–Kier alpha value is -2.42. The third-order valence-corrected chi connectivity index (χ3v) is 6.22. The quantitative estimate of drug-likeness (QED) is 0.728. The second kappa shape index (κ2) is 9.18. The van der Waals surface area contributed by atoms with Gasteiger partial charge in [0.15, 0.2) is 6.61 Å². The molecule has 0 aliphatic carbocycles. The minimum Gasteiger partial charge on any atom is -0.455 e. The van der Waals surface area contributed by atoms with Crippen molar-refractivity contribution in [1.29, 1.82) is 0 Å². The lowest BCUT2D eigenvalue weighted by Gasteiger charge is -2.32. The van der Waals surface area contributed by atoms with Crippen molar-refractivity contribution in [2.24, 2.45) is 17.6 Å². The van der Waals surface area contributed by atoms with E-state index in [0.717, 1.165) is 0 Å². The van der Waals surface area contributed by atoms with Gasteiger partial charge in [-0.3, -0.25) is 19.2 Å². The molecule has 3 rings (SSSR count). The molecule has 0 unspecified atom stereocenters. The number of carbonyl (C=O) groups excluding carboxylic acids is 4. The molecular weight excluding hydrogens is 382 g/mol. The van der Waals surface area contributed by atoms with Crippen molar-refractivity contribution in [3.8, 4) is 0 Å². The highest BCUT2D eigenvalue weighted by molar-refractivity contribution is 7.12. The largest absolute Gasteiger partial charge is 0.455 e. The Kier molecular flexibility index (Phi) is 6.66. The molecule has 2 aliphatic heterocycles. The predicted octanol–water partition coefficient (Wildman–Crippen LogP) is 0.867. The fourth-order valence-electron chi connectivity index (χ4n) is 3.65. The first kappa shape index (κ1) is 20.3. The number of nitrogens with zero attached hydrogens (tertiary/aromatic N) is 2. The molecule has 1 aromatic heterocycles. The highest BCUT2D eigenvalue weighted by Crippen LogP contribution is 2.22. The zero-order chi connectivity index (χ0) is 20.1. The normalized spacial score (nSPS) is 20.6. The third-order valence-electron chi connectivity index (χ3n) is 5.36. The average Bonchev–Trinajstić information content (AvgIpc) is 3.26. The van der Waals surface area contributed by atoms with E-state index in [-0.39, 0.29) is 36.8 Å². The first-order chi connectivity index (χ1) is 13.5. The van der Waals surface area contributed by atoms with Gasteiger partial charge in [0.25, 0.3) is 11.8 Å². The Morgan fingerprint density at radius 3 is 2.46 bits per heavy atom. The standard InChI is InChI=1S/C19H25N3O5S/c20-17(24)14-3-1-7-22(11-14)16(23)12-27-19(26)13-5-8-21(9-6-13)18(25)15-4-2-10-28-15/h2,4,10,13-14H,1,3,5-9,11-12H2,(H2,20,24)/t14-/m1/s1. The third kappa shape index (κ3) is 4.89. The minimum atomic E-state index is -0.404. The summed E-state index contributed by atoms with van der Waals surface area (Å²) in [5, 5.41) is 1.86. The smallest absolute Gasteiger partial charge is 0.309 e. The van der Waals surface area contributed by atoms with Crippen LogP contribution >= 0.6 is 11.3 Å². The van der Waals surface area contributed by atoms with Crippen LogP contribution in [0.4, 0.5) is 0 Å². The first-order valence-corrected chi connectivity index (χ1v) is 10.4. The molecule has 0 spiro atoms. The Morgan fingerprint density at radius 2 is 1.82 bits per heavy atom. The molecule has 1 aromatic rings. The average molecular weight is 407 g/mol. The topological polar surface area (TPSA) is 110 Å². The van der Waals surface area contributed by atoms with Gasteiger partial charge in [0.05, 0.1) is 16.7 Å². The van der Waals surface area contributed by atoms with Crippen LogP contribution in [-0.2, 0) is 19.1 Å². The SMILES string of the molecule is NC(=O)[C@@H]1CCCN(C(=O)COC(=O)C2CCN(C(=O)c3cccs3)CC2)C1. The minimum absolute atomic E-state index is 0.00824. The highest BCUT2D eigenvalue weighted by atomic mass is 32.1. The molecule has 3 heterocycles. The molecule has 2 fully saturated rings. The number of piperidine rings is 2. The van der Waals surface area contributed by atoms with E-state index in [1.54, 1.807) is 11.0 Å². The van der Waals surface area contributed by atoms with Crippen LogP contribution in [0, 0.1) is 11.8 Å². The zero-order valence-corrected chi connectivity index (χ0v) is 16.5. The van der Waals surface area contributed by atoms with Gasteiger partial charge in [0.1, 0.15) is 0 Å². The molecule has 0 aromatic carbocycles. The van der Waals surface area contributed by atoms with Crippen molar-refractivity contribution in [2.45, 2.75) is 25.7 Å². The van der Waals surface area contributed by atoms with E-state index in [2.05, 4.69) is 0 Å². The van der Waals surface area contributed by atoms with Gasteiger partial charge in [0, 0.05) is 26.2 Å². The molecule has 0 bridgehead atoms. The molecule has 28 heavy (non-hydrogen) atoms. The van der Waals surface area contributed by atoms with Crippen molar-refractivity contribution >= 4 is 35.0 Å². The van der Waals surface area contributed by atoms with Crippen LogP contribution in [0.15, 0.2) is 17.5 Å². The summed E-state index contributed by atoms with van der Waals surface area (Å²) in [5.74, 6) is -1.76. The summed E-state index contributed by atoms with van der Waals surface area (Å²) < 4.78 is 5.21. The number of hydrogen-bond donors (Lipinski definition) is 1. The number of rotatable bonds is 5. The number of thiophene rings is 1. The molecule has 2 N–H and O–H groups in total. The number of ether oxygens (including phenoxy) is 1. The fourth-order valence-corrected chi connectivity index (χ4v) is 4.34. The van der Waals surface area contributed by atoms with E-state index in [4.69, 9.17) is 10.5 Å². The maximum Gasteiger partial charge on any atom is 0.309 e. The molecule has 8 nitrogen and oxygen atoms in total. The Labute approximate surface area is 167 Å². The van der Waals surface area contributed by atoms with Gasteiger partial charge in [-0.25, -0.2) is 0 Å². The van der Waals surface area contributed by atoms with Gasteiger partial charge in [0.2, 0.25) is 5.91 Å². The fraction of sp³-hybridized carbons (Fsp3) is 0.579. The first-order valence-electron chi connectivity index (χ1n) is 9.52. The Morgan fingerprint density at radius 1 is 1.07 bits per heavy atom. The molecule has 9 heteroatoms. The summed E-state index contributed by atoms with van der Waals surface area (Å²) in [7, 11) is 0. The summed E-state index contributed by atoms with van der Waals surface area (Å²) >= 11 is 1.40. The summed E-state index contributed by atoms with van der Waals surface area (Å²) in [6, 6.07) is 3.63. The zero-order valence-electron chi connectivity index (χ0n) is 15.7. The molecule has 1 atom stereocenters. The molecular formula is C19H25N3O5S. The van der Waals surface area contributed by atoms with Gasteiger partial charge in [-0.05, 0) is 37.1 Å². The van der Waals surface area contributed by atoms with E-state index in [1.807, 2.05) is 11.4 Å². The lowest BCUT2D eigenvalue weighted by molar-refractivity contribution is -0.157. The Balaban J connectivity index is 1.41. The van der Waals surface area contributed by atoms with E-state index in [0.29, 0.717) is 50.2 Å². The van der Waals surface area contributed by atoms with E-state index < -0.39 is 11.9 Å². The van der Waals surface area contributed by atoms with Crippen LogP contribution in [0.2, 0.25) is 0 Å². The van der Waals surface area contributed by atoms with Gasteiger partial charge >= 0.3 is 5.97 Å². The van der Waals surface area contributed by atoms with Crippen LogP contribution in [0.3, 0.4) is 0 Å². The van der Waals surface area contributed by atoms with Crippen LogP contribution in [0.25, 0.3) is 0 Å². The van der Waals surface area contributed by atoms with Gasteiger partial charge < -0.3 is 20.3 Å². The molecule has 152 valence electrons. The second-order valence-electron chi connectivity index (χ2n) is 7.23. The van der Waals surface area contributed by atoms with Crippen LogP contribution in [-0.4, -0.2) is 66.3 Å². The van der Waals surface area contributed by atoms with Gasteiger partial charge in [-0.1, -0.05) is 6.07 Å². The number of primary amides is 1. The van der Waals surface area contributed by atoms with E-state index in [1.165, 1.54) is 16.2 Å². The molecule has 0 radical (unpaired) electrons. The lowest BCUT2D eigenvalue weighted by Crippen LogP contribution is -2.46. The number of hydrogen-bond acceptors (Lipinski definition) is 6. The number of nitrogens with two attached hydrogens (primary N) is 1. The molecule has 3 amide bonds. The maximum atomic E-state index is 12.3. The molecule has 0 saturated carbocycles. The van der Waals surface area contributed by atoms with E-state index in [9.17, 15) is 19.2 Å². The summed E-state index contributed by atoms with van der Waals surface area (Å²) in [5.41, 5.74) is 5.32. The van der Waals surface area contributed by atoms with Crippen LogP contribution in [0.5, 0.6) is 0 Å². The number of carbonyl (C=O) groups is 4. The maximum absolute atomic E-state index is 12.3. The number of amides is 3.